The van der Waals surface area contributed by atoms with Gasteiger partial charge in [0.25, 0.3) is 11.8 Å². The molecule has 178 valence electrons. The molecule has 1 aromatic carbocycles. The molecule has 32 heavy (non-hydrogen) atoms. The van der Waals surface area contributed by atoms with Gasteiger partial charge in [0.2, 0.25) is 11.7 Å². The molecule has 3 amide bonds. The summed E-state index contributed by atoms with van der Waals surface area (Å²) in [4.78, 5) is 45.9. The number of Topliss-reactive ketones (excluding diaryl/α,β-unsaturated/α-hetero) is 1. The summed E-state index contributed by atoms with van der Waals surface area (Å²) in [6.45, 7) is 4.31. The first-order valence-corrected chi connectivity index (χ1v) is 9.91. The van der Waals surface area contributed by atoms with Crippen LogP contribution in [0, 0.1) is 11.8 Å². The predicted molar refractivity (Wildman–Crippen MR) is 110 cm³/mol. The number of ketones is 1. The lowest BCUT2D eigenvalue weighted by Gasteiger charge is -2.12. The van der Waals surface area contributed by atoms with Crippen molar-refractivity contribution < 1.29 is 36.7 Å². The van der Waals surface area contributed by atoms with E-state index in [1.54, 1.807) is 13.8 Å². The lowest BCUT2D eigenvalue weighted by Crippen LogP contribution is -2.36. The number of amides is 3. The van der Waals surface area contributed by atoms with E-state index in [4.69, 9.17) is 17.3 Å². The monoisotopic (exact) mass is 481 g/mol. The van der Waals surface area contributed by atoms with E-state index < -0.39 is 53.7 Å². The summed E-state index contributed by atoms with van der Waals surface area (Å²) in [5, 5.41) is 4.50. The number of nitrogens with two attached hydrogens (primary N) is 1. The minimum Gasteiger partial charge on any atom is -0.363 e. The van der Waals surface area contributed by atoms with Crippen LogP contribution in [0.25, 0.3) is 0 Å². The van der Waals surface area contributed by atoms with Crippen molar-refractivity contribution in [1.82, 2.24) is 5.32 Å². The SMILES string of the molecule is CCC(C)(C)F.NC(=O)C(=O)CNC(=O)c1cc(Cl)ccc1NC(=O)C1CC1C(F)(F)F. The molecule has 1 aliphatic carbocycles. The Morgan fingerprint density at radius 1 is 1.16 bits per heavy atom. The van der Waals surface area contributed by atoms with Crippen LogP contribution in [-0.4, -0.2) is 41.9 Å². The Morgan fingerprint density at radius 2 is 1.72 bits per heavy atom. The van der Waals surface area contributed by atoms with E-state index in [1.807, 2.05) is 6.92 Å². The standard InChI is InChI=1S/C15H13ClF3N3O4.C5H11F/c16-6-1-2-10(22-14(26)7-4-9(7)15(17,18)19)8(3-6)13(25)21-5-11(23)12(20)24;1-4-5(2,3)6/h1-3,7,9H,4-5H2,(H2,20,24)(H,21,25)(H,22,26);4H2,1-3H3. The summed E-state index contributed by atoms with van der Waals surface area (Å²) in [5.74, 6) is -6.95. The lowest BCUT2D eigenvalue weighted by atomic mass is 10.1. The fourth-order valence-electron chi connectivity index (χ4n) is 2.23. The fourth-order valence-corrected chi connectivity index (χ4v) is 2.40. The molecular weight excluding hydrogens is 458 g/mol. The van der Waals surface area contributed by atoms with Crippen molar-refractivity contribution in [3.63, 3.8) is 0 Å². The molecule has 0 saturated heterocycles. The van der Waals surface area contributed by atoms with Gasteiger partial charge < -0.3 is 16.4 Å². The molecule has 1 aromatic rings. The largest absolute Gasteiger partial charge is 0.392 e. The first kappa shape index (κ1) is 27.3. The van der Waals surface area contributed by atoms with Crippen LogP contribution in [0.2, 0.25) is 5.02 Å². The average molecular weight is 482 g/mol. The predicted octanol–water partition coefficient (Wildman–Crippen LogP) is 3.41. The number of primary amides is 1. The number of nitrogens with one attached hydrogen (secondary N) is 2. The molecule has 7 nitrogen and oxygen atoms in total. The molecule has 0 aliphatic heterocycles. The summed E-state index contributed by atoms with van der Waals surface area (Å²) >= 11 is 5.79. The molecule has 0 bridgehead atoms. The zero-order valence-electron chi connectivity index (χ0n) is 17.6. The van der Waals surface area contributed by atoms with Crippen LogP contribution in [0.15, 0.2) is 18.2 Å². The molecule has 0 heterocycles. The maximum atomic E-state index is 12.6. The van der Waals surface area contributed by atoms with Crippen molar-refractivity contribution in [2.75, 3.05) is 11.9 Å². The van der Waals surface area contributed by atoms with E-state index in [9.17, 15) is 36.7 Å². The van der Waals surface area contributed by atoms with Crippen molar-refractivity contribution in [1.29, 1.82) is 0 Å². The molecular formula is C20H24ClF4N3O4. The van der Waals surface area contributed by atoms with Gasteiger partial charge in [0.1, 0.15) is 5.67 Å². The van der Waals surface area contributed by atoms with Crippen molar-refractivity contribution in [2.24, 2.45) is 17.6 Å². The quantitative estimate of drug-likeness (QED) is 0.408. The molecule has 2 unspecified atom stereocenters. The van der Waals surface area contributed by atoms with Gasteiger partial charge in [-0.1, -0.05) is 18.5 Å². The molecule has 2 atom stereocenters. The molecule has 12 heteroatoms. The van der Waals surface area contributed by atoms with Gasteiger partial charge in [-0.25, -0.2) is 4.39 Å². The summed E-state index contributed by atoms with van der Waals surface area (Å²) in [5.41, 5.74) is 3.55. The minimum absolute atomic E-state index is 0.0729. The molecule has 0 aromatic heterocycles. The second-order valence-electron chi connectivity index (χ2n) is 7.71. The molecule has 1 fully saturated rings. The van der Waals surface area contributed by atoms with Crippen molar-refractivity contribution in [2.45, 2.75) is 45.5 Å². The number of benzene rings is 1. The van der Waals surface area contributed by atoms with Crippen LogP contribution in [0.1, 0.15) is 44.0 Å². The lowest BCUT2D eigenvalue weighted by molar-refractivity contribution is -0.153. The number of halogens is 5. The highest BCUT2D eigenvalue weighted by atomic mass is 35.5. The van der Waals surface area contributed by atoms with Crippen LogP contribution in [0.4, 0.5) is 23.2 Å². The highest BCUT2D eigenvalue weighted by Gasteiger charge is 2.58. The van der Waals surface area contributed by atoms with Gasteiger partial charge in [-0.2, -0.15) is 13.2 Å². The molecule has 2 rings (SSSR count). The first-order chi connectivity index (χ1) is 14.6. The molecule has 0 radical (unpaired) electrons. The number of hydrogen-bond acceptors (Lipinski definition) is 4. The van der Waals surface area contributed by atoms with Gasteiger partial charge in [0.15, 0.2) is 0 Å². The second kappa shape index (κ2) is 10.8. The van der Waals surface area contributed by atoms with E-state index >= 15 is 0 Å². The van der Waals surface area contributed by atoms with Crippen molar-refractivity contribution >= 4 is 40.8 Å². The Morgan fingerprint density at radius 3 is 2.16 bits per heavy atom. The van der Waals surface area contributed by atoms with Gasteiger partial charge in [0, 0.05) is 5.02 Å². The fraction of sp³-hybridized carbons (Fsp3) is 0.500. The molecule has 0 spiro atoms. The van der Waals surface area contributed by atoms with Crippen LogP contribution >= 0.6 is 11.6 Å². The molecule has 1 aliphatic rings. The third kappa shape index (κ3) is 8.81. The zero-order valence-corrected chi connectivity index (χ0v) is 18.4. The Kier molecular flexibility index (Phi) is 9.19. The number of rotatable bonds is 7. The minimum atomic E-state index is -4.46. The Balaban J connectivity index is 0.000000751. The van der Waals surface area contributed by atoms with Gasteiger partial charge in [-0.05, 0) is 44.9 Å². The van der Waals surface area contributed by atoms with Crippen LogP contribution in [0.3, 0.4) is 0 Å². The number of carbonyl (C=O) groups excluding carboxylic acids is 4. The van der Waals surface area contributed by atoms with E-state index in [0.29, 0.717) is 6.42 Å². The number of hydrogen-bond donors (Lipinski definition) is 3. The highest BCUT2D eigenvalue weighted by molar-refractivity contribution is 6.36. The molecule has 1 saturated carbocycles. The first-order valence-electron chi connectivity index (χ1n) is 9.53. The summed E-state index contributed by atoms with van der Waals surface area (Å²) < 4.78 is 49.8. The number of carbonyl (C=O) groups is 4. The van der Waals surface area contributed by atoms with E-state index in [1.165, 1.54) is 12.1 Å². The van der Waals surface area contributed by atoms with Crippen LogP contribution < -0.4 is 16.4 Å². The van der Waals surface area contributed by atoms with E-state index in [2.05, 4.69) is 10.6 Å². The van der Waals surface area contributed by atoms with Crippen LogP contribution in [0.5, 0.6) is 0 Å². The summed E-state index contributed by atoms with van der Waals surface area (Å²) in [6.07, 6.45) is -4.18. The highest BCUT2D eigenvalue weighted by Crippen LogP contribution is 2.50. The smallest absolute Gasteiger partial charge is 0.363 e. The Labute approximate surface area is 187 Å². The molecule has 4 N–H and O–H groups in total. The van der Waals surface area contributed by atoms with Gasteiger partial charge in [-0.3, -0.25) is 19.2 Å². The van der Waals surface area contributed by atoms with Gasteiger partial charge in [0.05, 0.1) is 29.6 Å². The summed E-state index contributed by atoms with van der Waals surface area (Å²) in [6, 6.07) is 3.74. The second-order valence-corrected chi connectivity index (χ2v) is 8.15. The van der Waals surface area contributed by atoms with Gasteiger partial charge >= 0.3 is 6.18 Å². The third-order valence-corrected chi connectivity index (χ3v) is 4.79. The van der Waals surface area contributed by atoms with E-state index in [-0.39, 0.29) is 22.7 Å². The Hall–Kier alpha value is -2.69. The zero-order chi connectivity index (χ0) is 24.9. The van der Waals surface area contributed by atoms with Crippen molar-refractivity contribution in [3.8, 4) is 0 Å². The van der Waals surface area contributed by atoms with Crippen LogP contribution in [-0.2, 0) is 14.4 Å². The van der Waals surface area contributed by atoms with Crippen molar-refractivity contribution in [3.05, 3.63) is 28.8 Å². The third-order valence-electron chi connectivity index (χ3n) is 4.56. The topological polar surface area (TPSA) is 118 Å². The Bertz CT molecular complexity index is 885. The van der Waals surface area contributed by atoms with Gasteiger partial charge in [-0.15, -0.1) is 0 Å². The maximum Gasteiger partial charge on any atom is 0.392 e. The number of anilines is 1. The van der Waals surface area contributed by atoms with E-state index in [0.717, 1.165) is 6.07 Å². The normalized spacial score (nSPS) is 17.5. The average Bonchev–Trinajstić information content (AvgIpc) is 3.48. The summed E-state index contributed by atoms with van der Waals surface area (Å²) in [7, 11) is 0. The maximum absolute atomic E-state index is 12.6. The number of alkyl halides is 4.